The molecule has 0 aliphatic carbocycles. The number of anilines is 1. The van der Waals surface area contributed by atoms with E-state index in [1.54, 1.807) is 0 Å². The molecule has 0 saturated carbocycles. The van der Waals surface area contributed by atoms with Crippen molar-refractivity contribution >= 4 is 29.1 Å². The number of Topliss-reactive ketones (excluding diaryl/α,β-unsaturated/α-hetero) is 2. The second-order valence-corrected chi connectivity index (χ2v) is 10.2. The first-order chi connectivity index (χ1) is 17.3. The Bertz CT molecular complexity index is 933. The quantitative estimate of drug-likeness (QED) is 0.440. The largest absolute Gasteiger partial charge is 0.371 e. The summed E-state index contributed by atoms with van der Waals surface area (Å²) < 4.78 is 0. The van der Waals surface area contributed by atoms with Crippen molar-refractivity contribution in [1.29, 1.82) is 0 Å². The number of nitrogens with one attached hydrogen (secondary N) is 2. The van der Waals surface area contributed by atoms with E-state index >= 15 is 0 Å². The van der Waals surface area contributed by atoms with Gasteiger partial charge in [0.05, 0.1) is 0 Å². The number of nitrogens with zero attached hydrogens (tertiary/aromatic N) is 2. The number of carbonyl (C=O) groups excluding carboxylic acids is 4. The number of carbonyl (C=O) groups is 4. The molecule has 1 aromatic carbocycles. The van der Waals surface area contributed by atoms with E-state index in [1.165, 1.54) is 45.8 Å². The van der Waals surface area contributed by atoms with Crippen molar-refractivity contribution in [2.45, 2.75) is 59.3 Å². The molecule has 3 heterocycles. The molecule has 2 N–H and O–H groups in total. The van der Waals surface area contributed by atoms with Crippen molar-refractivity contribution in [3.63, 3.8) is 0 Å². The molecule has 0 radical (unpaired) electrons. The summed E-state index contributed by atoms with van der Waals surface area (Å²) in [6.07, 6.45) is 5.32. The van der Waals surface area contributed by atoms with Gasteiger partial charge in [-0.2, -0.15) is 0 Å². The molecule has 1 aromatic rings. The van der Waals surface area contributed by atoms with Crippen molar-refractivity contribution < 1.29 is 19.2 Å². The second-order valence-electron chi connectivity index (χ2n) is 10.2. The molecule has 3 fully saturated rings. The number of rotatable bonds is 7. The van der Waals surface area contributed by atoms with Crippen LogP contribution in [0.25, 0.3) is 0 Å². The third-order valence-electron chi connectivity index (χ3n) is 7.56. The van der Waals surface area contributed by atoms with Crippen molar-refractivity contribution in [2.75, 3.05) is 50.7 Å². The van der Waals surface area contributed by atoms with Gasteiger partial charge in [0.25, 0.3) is 0 Å². The highest BCUT2D eigenvalue weighted by Crippen LogP contribution is 2.28. The molecule has 8 nitrogen and oxygen atoms in total. The molecule has 4 rings (SSSR count). The number of benzene rings is 1. The zero-order chi connectivity index (χ0) is 26.1. The monoisotopic (exact) mass is 498 g/mol. The minimum Gasteiger partial charge on any atom is -0.371 e. The summed E-state index contributed by atoms with van der Waals surface area (Å²) in [7, 11) is 0. The lowest BCUT2D eigenvalue weighted by atomic mass is 9.92. The number of ketones is 2. The minimum absolute atomic E-state index is 0.0164. The van der Waals surface area contributed by atoms with E-state index in [2.05, 4.69) is 20.4 Å². The number of hydrogen-bond acceptors (Lipinski definition) is 7. The average Bonchev–Trinajstić information content (AvgIpc) is 2.90. The van der Waals surface area contributed by atoms with E-state index in [1.807, 2.05) is 32.0 Å². The van der Waals surface area contributed by atoms with Crippen molar-refractivity contribution in [3.8, 4) is 0 Å². The Morgan fingerprint density at radius 2 is 1.69 bits per heavy atom. The van der Waals surface area contributed by atoms with Crippen LogP contribution in [0.3, 0.4) is 0 Å². The maximum Gasteiger partial charge on any atom is 0.229 e. The van der Waals surface area contributed by atoms with Crippen LogP contribution in [-0.2, 0) is 9.59 Å². The summed E-state index contributed by atoms with van der Waals surface area (Å²) in [6.45, 7) is 13.1. The minimum atomic E-state index is -0.141. The summed E-state index contributed by atoms with van der Waals surface area (Å²) in [6, 6.07) is 5.77. The second kappa shape index (κ2) is 13.7. The van der Waals surface area contributed by atoms with Gasteiger partial charge in [-0.3, -0.25) is 24.5 Å². The summed E-state index contributed by atoms with van der Waals surface area (Å²) in [5.41, 5.74) is 2.22. The van der Waals surface area contributed by atoms with Crippen LogP contribution in [0.15, 0.2) is 18.2 Å². The van der Waals surface area contributed by atoms with Gasteiger partial charge in [0.15, 0.2) is 11.6 Å². The molecule has 0 bridgehead atoms. The topological polar surface area (TPSA) is 98.8 Å². The maximum absolute atomic E-state index is 12.3. The molecule has 36 heavy (non-hydrogen) atoms. The maximum atomic E-state index is 12.3. The smallest absolute Gasteiger partial charge is 0.229 e. The van der Waals surface area contributed by atoms with E-state index in [4.69, 9.17) is 0 Å². The first-order valence-corrected chi connectivity index (χ1v) is 13.5. The van der Waals surface area contributed by atoms with Crippen molar-refractivity contribution in [1.82, 2.24) is 15.5 Å². The predicted molar refractivity (Wildman–Crippen MR) is 141 cm³/mol. The Morgan fingerprint density at radius 1 is 1.00 bits per heavy atom. The summed E-state index contributed by atoms with van der Waals surface area (Å²) >= 11 is 0. The van der Waals surface area contributed by atoms with E-state index < -0.39 is 0 Å². The van der Waals surface area contributed by atoms with E-state index in [-0.39, 0.29) is 29.3 Å². The fourth-order valence-electron chi connectivity index (χ4n) is 5.04. The lowest BCUT2D eigenvalue weighted by Crippen LogP contribution is -2.44. The van der Waals surface area contributed by atoms with E-state index in [9.17, 15) is 19.2 Å². The van der Waals surface area contributed by atoms with Crippen molar-refractivity contribution in [3.05, 3.63) is 29.3 Å². The molecule has 0 aromatic heterocycles. The van der Waals surface area contributed by atoms with Gasteiger partial charge in [0.2, 0.25) is 11.8 Å². The lowest BCUT2D eigenvalue weighted by molar-refractivity contribution is -0.135. The standard InChI is InChI=1S/C22H33N3O2.C6H9NO2/c1-3-22(27)21-16-19(4-5-20(21)17(2)26)25-12-7-18(8-13-25)6-11-24-14-9-23-10-15-24;1-4-2-3-5(8)7-6(4)9/h4-5,16,18,23H,3,6-15H2,1-2H3;4H,2-3H2,1H3,(H,7,8,9). The Labute approximate surface area is 215 Å². The van der Waals surface area contributed by atoms with Gasteiger partial charge in [0.1, 0.15) is 0 Å². The molecule has 3 aliphatic rings. The third-order valence-corrected chi connectivity index (χ3v) is 7.56. The first-order valence-electron chi connectivity index (χ1n) is 13.5. The molecule has 0 spiro atoms. The van der Waals surface area contributed by atoms with Gasteiger partial charge in [-0.05, 0) is 63.3 Å². The number of piperidine rings is 2. The van der Waals surface area contributed by atoms with Gasteiger partial charge in [0, 0.05) is 74.8 Å². The number of amides is 2. The molecule has 3 aliphatic heterocycles. The number of piperazine rings is 1. The van der Waals surface area contributed by atoms with Crippen LogP contribution in [-0.4, -0.2) is 74.1 Å². The molecule has 8 heteroatoms. The first kappa shape index (κ1) is 28.0. The van der Waals surface area contributed by atoms with Crippen LogP contribution in [0, 0.1) is 11.8 Å². The fraction of sp³-hybridized carbons (Fsp3) is 0.643. The van der Waals surface area contributed by atoms with Crippen molar-refractivity contribution in [2.24, 2.45) is 11.8 Å². The Morgan fingerprint density at radius 3 is 2.28 bits per heavy atom. The molecule has 2 amide bonds. The van der Waals surface area contributed by atoms with Crippen LogP contribution in [0.1, 0.15) is 80.0 Å². The summed E-state index contributed by atoms with van der Waals surface area (Å²) in [4.78, 5) is 50.2. The van der Waals surface area contributed by atoms with E-state index in [0.717, 1.165) is 37.8 Å². The fourth-order valence-corrected chi connectivity index (χ4v) is 5.04. The zero-order valence-corrected chi connectivity index (χ0v) is 22.1. The number of imide groups is 1. The lowest BCUT2D eigenvalue weighted by Gasteiger charge is -2.35. The summed E-state index contributed by atoms with van der Waals surface area (Å²) in [5, 5.41) is 5.66. The molecular formula is C28H42N4O4. The highest BCUT2D eigenvalue weighted by atomic mass is 16.2. The van der Waals surface area contributed by atoms with Gasteiger partial charge >= 0.3 is 0 Å². The Hall–Kier alpha value is -2.58. The average molecular weight is 499 g/mol. The van der Waals surface area contributed by atoms with Crippen LogP contribution < -0.4 is 15.5 Å². The van der Waals surface area contributed by atoms with Crippen LogP contribution in [0.4, 0.5) is 5.69 Å². The molecule has 198 valence electrons. The van der Waals surface area contributed by atoms with Crippen LogP contribution in [0.5, 0.6) is 0 Å². The number of hydrogen-bond donors (Lipinski definition) is 2. The van der Waals surface area contributed by atoms with Gasteiger partial charge in [-0.15, -0.1) is 0 Å². The normalized spacial score (nSPS) is 21.4. The van der Waals surface area contributed by atoms with Gasteiger partial charge < -0.3 is 15.1 Å². The van der Waals surface area contributed by atoms with Gasteiger partial charge in [-0.25, -0.2) is 0 Å². The SMILES string of the molecule is CC1CCC(=O)NC1=O.CCC(=O)c1cc(N2CCC(CCN3CCNCC3)CC2)ccc1C(C)=O. The Kier molecular flexibility index (Phi) is 10.6. The highest BCUT2D eigenvalue weighted by molar-refractivity contribution is 6.08. The molecular weight excluding hydrogens is 456 g/mol. The molecule has 1 unspecified atom stereocenters. The highest BCUT2D eigenvalue weighted by Gasteiger charge is 2.23. The molecule has 1 atom stereocenters. The summed E-state index contributed by atoms with van der Waals surface area (Å²) in [5.74, 6) is 0.550. The van der Waals surface area contributed by atoms with Gasteiger partial charge in [-0.1, -0.05) is 13.8 Å². The van der Waals surface area contributed by atoms with E-state index in [0.29, 0.717) is 30.4 Å². The molecule has 3 saturated heterocycles. The Balaban J connectivity index is 0.000000338. The van der Waals surface area contributed by atoms with Crippen LogP contribution in [0.2, 0.25) is 0 Å². The van der Waals surface area contributed by atoms with Crippen LogP contribution >= 0.6 is 0 Å². The predicted octanol–water partition coefficient (Wildman–Crippen LogP) is 3.05. The zero-order valence-electron chi connectivity index (χ0n) is 22.1. The third kappa shape index (κ3) is 7.96.